The van der Waals surface area contributed by atoms with Crippen molar-refractivity contribution in [3.05, 3.63) is 23.9 Å². The highest BCUT2D eigenvalue weighted by Gasteiger charge is 2.31. The summed E-state index contributed by atoms with van der Waals surface area (Å²) < 4.78 is 1.85. The van der Waals surface area contributed by atoms with Crippen LogP contribution in [0.5, 0.6) is 0 Å². The lowest BCUT2D eigenvalue weighted by Gasteiger charge is -2.28. The second-order valence-corrected chi connectivity index (χ2v) is 6.76. The Labute approximate surface area is 140 Å². The first-order valence-electron chi connectivity index (χ1n) is 8.69. The molecule has 126 valence electrons. The monoisotopic (exact) mass is 326 g/mol. The number of aryl methyl sites for hydroxylation is 1. The number of fused-ring (bicyclic) bond motifs is 1. The zero-order valence-electron chi connectivity index (χ0n) is 13.9. The number of imide groups is 1. The number of carbonyl (C=O) groups excluding carboxylic acids is 2. The Morgan fingerprint density at radius 3 is 2.71 bits per heavy atom. The van der Waals surface area contributed by atoms with E-state index >= 15 is 0 Å². The molecule has 0 radical (unpaired) electrons. The van der Waals surface area contributed by atoms with Crippen molar-refractivity contribution in [2.45, 2.75) is 38.0 Å². The molecular weight excluding hydrogens is 304 g/mol. The number of piperidine rings is 2. The number of carbonyl (C=O) groups is 2. The summed E-state index contributed by atoms with van der Waals surface area (Å²) in [6.45, 7) is 2.20. The summed E-state index contributed by atoms with van der Waals surface area (Å²) in [7, 11) is 1.91. The van der Waals surface area contributed by atoms with Gasteiger partial charge in [-0.05, 0) is 43.9 Å². The quantitative estimate of drug-likeness (QED) is 0.858. The number of amides is 2. The summed E-state index contributed by atoms with van der Waals surface area (Å²) in [5, 5.41) is 8.04. The summed E-state index contributed by atoms with van der Waals surface area (Å²) in [6.07, 6.45) is 4.70. The molecule has 2 aliphatic rings. The van der Waals surface area contributed by atoms with E-state index in [1.165, 1.54) is 24.9 Å². The molecule has 0 aliphatic carbocycles. The van der Waals surface area contributed by atoms with Crippen molar-refractivity contribution in [3.8, 4) is 0 Å². The molecule has 2 amide bonds. The second kappa shape index (κ2) is 5.92. The third-order valence-electron chi connectivity index (χ3n) is 5.15. The molecule has 6 heteroatoms. The van der Waals surface area contributed by atoms with Crippen molar-refractivity contribution in [2.75, 3.05) is 18.0 Å². The van der Waals surface area contributed by atoms with E-state index < -0.39 is 0 Å². The van der Waals surface area contributed by atoms with Crippen LogP contribution in [0, 0.1) is 0 Å². The van der Waals surface area contributed by atoms with E-state index in [0.29, 0.717) is 12.8 Å². The largest absolute Gasteiger partial charge is 0.371 e. The molecule has 1 unspecified atom stereocenters. The van der Waals surface area contributed by atoms with E-state index in [1.54, 1.807) is 0 Å². The molecule has 1 aromatic carbocycles. The SMILES string of the molecule is Cn1nc(C2CCC(=O)NC2=O)c2ccc(N3CCCCC3)cc21. The molecule has 4 rings (SSSR count). The molecule has 0 bridgehead atoms. The normalized spacial score (nSPS) is 22.0. The lowest BCUT2D eigenvalue weighted by atomic mass is 9.93. The number of benzene rings is 1. The summed E-state index contributed by atoms with van der Waals surface area (Å²) >= 11 is 0. The van der Waals surface area contributed by atoms with Gasteiger partial charge in [-0.25, -0.2) is 0 Å². The van der Waals surface area contributed by atoms with Crippen LogP contribution in [0.3, 0.4) is 0 Å². The van der Waals surface area contributed by atoms with Crippen LogP contribution in [0.4, 0.5) is 5.69 Å². The number of aromatic nitrogens is 2. The fraction of sp³-hybridized carbons (Fsp3) is 0.500. The van der Waals surface area contributed by atoms with Crippen LogP contribution in [0.25, 0.3) is 10.9 Å². The first-order valence-corrected chi connectivity index (χ1v) is 8.69. The van der Waals surface area contributed by atoms with E-state index in [1.807, 2.05) is 11.7 Å². The van der Waals surface area contributed by atoms with E-state index in [9.17, 15) is 9.59 Å². The fourth-order valence-corrected chi connectivity index (χ4v) is 3.83. The van der Waals surface area contributed by atoms with Crippen LogP contribution < -0.4 is 10.2 Å². The lowest BCUT2D eigenvalue weighted by Crippen LogP contribution is -2.39. The number of rotatable bonds is 2. The molecule has 2 fully saturated rings. The minimum Gasteiger partial charge on any atom is -0.371 e. The van der Waals surface area contributed by atoms with Crippen molar-refractivity contribution in [2.24, 2.45) is 7.05 Å². The van der Waals surface area contributed by atoms with Crippen LogP contribution in [0.1, 0.15) is 43.7 Å². The Bertz CT molecular complexity index is 805. The summed E-state index contributed by atoms with van der Waals surface area (Å²) in [5.74, 6) is -0.762. The molecular formula is C18H22N4O2. The smallest absolute Gasteiger partial charge is 0.235 e. The average molecular weight is 326 g/mol. The fourth-order valence-electron chi connectivity index (χ4n) is 3.83. The van der Waals surface area contributed by atoms with Gasteiger partial charge in [0.05, 0.1) is 17.1 Å². The van der Waals surface area contributed by atoms with E-state index in [0.717, 1.165) is 29.7 Å². The van der Waals surface area contributed by atoms with Gasteiger partial charge in [0, 0.05) is 37.6 Å². The highest BCUT2D eigenvalue weighted by atomic mass is 16.2. The van der Waals surface area contributed by atoms with Gasteiger partial charge in [0.15, 0.2) is 0 Å². The third kappa shape index (κ3) is 2.56. The van der Waals surface area contributed by atoms with Crippen LogP contribution in [-0.2, 0) is 16.6 Å². The van der Waals surface area contributed by atoms with Gasteiger partial charge in [-0.2, -0.15) is 5.10 Å². The maximum Gasteiger partial charge on any atom is 0.235 e. The van der Waals surface area contributed by atoms with Crippen LogP contribution >= 0.6 is 0 Å². The number of nitrogens with zero attached hydrogens (tertiary/aromatic N) is 3. The van der Waals surface area contributed by atoms with Crippen LogP contribution in [-0.4, -0.2) is 34.7 Å². The van der Waals surface area contributed by atoms with E-state index in [-0.39, 0.29) is 17.7 Å². The van der Waals surface area contributed by atoms with Gasteiger partial charge in [-0.1, -0.05) is 0 Å². The van der Waals surface area contributed by atoms with E-state index in [2.05, 4.69) is 33.5 Å². The van der Waals surface area contributed by atoms with Crippen LogP contribution in [0.2, 0.25) is 0 Å². The molecule has 1 aromatic heterocycles. The number of nitrogens with one attached hydrogen (secondary N) is 1. The molecule has 0 spiro atoms. The summed E-state index contributed by atoms with van der Waals surface area (Å²) in [4.78, 5) is 26.0. The van der Waals surface area contributed by atoms with Gasteiger partial charge in [-0.3, -0.25) is 19.6 Å². The Balaban J connectivity index is 1.71. The van der Waals surface area contributed by atoms with Crippen molar-refractivity contribution in [3.63, 3.8) is 0 Å². The van der Waals surface area contributed by atoms with Gasteiger partial charge >= 0.3 is 0 Å². The van der Waals surface area contributed by atoms with Gasteiger partial charge in [-0.15, -0.1) is 0 Å². The molecule has 2 aliphatic heterocycles. The number of hydrogen-bond acceptors (Lipinski definition) is 4. The highest BCUT2D eigenvalue weighted by Crippen LogP contribution is 2.32. The minimum atomic E-state index is -0.341. The first kappa shape index (κ1) is 15.2. The summed E-state index contributed by atoms with van der Waals surface area (Å²) in [5.41, 5.74) is 3.04. The van der Waals surface area contributed by atoms with Gasteiger partial charge in [0.1, 0.15) is 0 Å². The van der Waals surface area contributed by atoms with Gasteiger partial charge in [0.2, 0.25) is 11.8 Å². The maximum absolute atomic E-state index is 12.2. The average Bonchev–Trinajstić information content (AvgIpc) is 2.92. The maximum atomic E-state index is 12.2. The predicted molar refractivity (Wildman–Crippen MR) is 91.9 cm³/mol. The van der Waals surface area contributed by atoms with Crippen molar-refractivity contribution < 1.29 is 9.59 Å². The molecule has 1 atom stereocenters. The highest BCUT2D eigenvalue weighted by molar-refractivity contribution is 6.02. The Hall–Kier alpha value is -2.37. The Kier molecular flexibility index (Phi) is 3.75. The Morgan fingerprint density at radius 2 is 1.96 bits per heavy atom. The van der Waals surface area contributed by atoms with Crippen molar-refractivity contribution in [1.29, 1.82) is 0 Å². The molecule has 0 saturated carbocycles. The summed E-state index contributed by atoms with van der Waals surface area (Å²) in [6, 6.07) is 6.37. The molecule has 2 saturated heterocycles. The third-order valence-corrected chi connectivity index (χ3v) is 5.15. The van der Waals surface area contributed by atoms with Gasteiger partial charge < -0.3 is 4.90 Å². The minimum absolute atomic E-state index is 0.191. The predicted octanol–water partition coefficient (Wildman–Crippen LogP) is 2.08. The van der Waals surface area contributed by atoms with E-state index in [4.69, 9.17) is 0 Å². The van der Waals surface area contributed by atoms with Crippen molar-refractivity contribution >= 4 is 28.4 Å². The topological polar surface area (TPSA) is 67.2 Å². The van der Waals surface area contributed by atoms with Gasteiger partial charge in [0.25, 0.3) is 0 Å². The first-order chi connectivity index (χ1) is 11.6. The van der Waals surface area contributed by atoms with Crippen LogP contribution in [0.15, 0.2) is 18.2 Å². The number of hydrogen-bond donors (Lipinski definition) is 1. The zero-order chi connectivity index (χ0) is 16.7. The molecule has 6 nitrogen and oxygen atoms in total. The lowest BCUT2D eigenvalue weighted by molar-refractivity contribution is -0.134. The zero-order valence-corrected chi connectivity index (χ0v) is 13.9. The standard InChI is InChI=1S/C18H22N4O2/c1-21-15-11-12(22-9-3-2-4-10-22)5-6-13(15)17(20-21)14-7-8-16(23)19-18(14)24/h5-6,11,14H,2-4,7-10H2,1H3,(H,19,23,24). The second-order valence-electron chi connectivity index (χ2n) is 6.76. The Morgan fingerprint density at radius 1 is 1.17 bits per heavy atom. The molecule has 1 N–H and O–H groups in total. The van der Waals surface area contributed by atoms with Crippen molar-refractivity contribution in [1.82, 2.24) is 15.1 Å². The molecule has 3 heterocycles. The molecule has 2 aromatic rings. The number of anilines is 1. The molecule has 24 heavy (non-hydrogen) atoms.